The molecule has 1 rings (SSSR count). The summed E-state index contributed by atoms with van der Waals surface area (Å²) >= 11 is 0. The van der Waals surface area contributed by atoms with E-state index in [1.54, 1.807) is 0 Å². The fraction of sp³-hybridized carbons (Fsp3) is 0.333. The molecule has 0 aliphatic heterocycles. The van der Waals surface area contributed by atoms with Gasteiger partial charge in [0.15, 0.2) is 0 Å². The Balaban J connectivity index is 2.72. The Labute approximate surface area is 56.6 Å². The van der Waals surface area contributed by atoms with E-state index in [1.165, 1.54) is 11.1 Å². The second-order valence-electron chi connectivity index (χ2n) is 2.32. The largest absolute Gasteiger partial charge is 0.0991 e. The topological polar surface area (TPSA) is 0 Å². The van der Waals surface area contributed by atoms with Crippen LogP contribution in [-0.4, -0.2) is 0 Å². The van der Waals surface area contributed by atoms with Crippen LogP contribution in [0.25, 0.3) is 0 Å². The number of hydrogen-bond donors (Lipinski definition) is 0. The number of hydrogen-bond acceptors (Lipinski definition) is 0. The van der Waals surface area contributed by atoms with Crippen molar-refractivity contribution in [3.63, 3.8) is 0 Å². The summed E-state index contributed by atoms with van der Waals surface area (Å²) in [6.45, 7) is 7.93. The highest BCUT2D eigenvalue weighted by atomic mass is 14.3. The van der Waals surface area contributed by atoms with Gasteiger partial charge in [0.1, 0.15) is 0 Å². The van der Waals surface area contributed by atoms with Gasteiger partial charge >= 0.3 is 0 Å². The van der Waals surface area contributed by atoms with Gasteiger partial charge in [-0.1, -0.05) is 31.7 Å². The summed E-state index contributed by atoms with van der Waals surface area (Å²) < 4.78 is 0. The van der Waals surface area contributed by atoms with Gasteiger partial charge in [0.05, 0.1) is 0 Å². The minimum Gasteiger partial charge on any atom is -0.0991 e. The summed E-state index contributed by atoms with van der Waals surface area (Å²) in [7, 11) is 0. The lowest BCUT2D eigenvalue weighted by Gasteiger charge is -1.65. The van der Waals surface area contributed by atoms with Crippen molar-refractivity contribution in [2.24, 2.45) is 5.92 Å². The fourth-order valence-corrected chi connectivity index (χ4v) is 1.17. The monoisotopic (exact) mass is 120 g/mol. The van der Waals surface area contributed by atoms with Crippen LogP contribution in [0.2, 0.25) is 0 Å². The Hall–Kier alpha value is -0.780. The smallest absolute Gasteiger partial charge is 0.00635 e. The fourth-order valence-electron chi connectivity index (χ4n) is 1.17. The van der Waals surface area contributed by atoms with Crippen LogP contribution < -0.4 is 0 Å². The lowest BCUT2D eigenvalue weighted by Crippen LogP contribution is -1.52. The van der Waals surface area contributed by atoms with E-state index in [1.807, 2.05) is 6.08 Å². The third-order valence-electron chi connectivity index (χ3n) is 1.79. The number of allylic oxidation sites excluding steroid dienone is 5. The maximum Gasteiger partial charge on any atom is 0.00635 e. The molecule has 0 aromatic carbocycles. The van der Waals surface area contributed by atoms with Crippen molar-refractivity contribution >= 4 is 0 Å². The van der Waals surface area contributed by atoms with Crippen molar-refractivity contribution in [3.8, 4) is 0 Å². The molecule has 9 heavy (non-hydrogen) atoms. The SMILES string of the molecule is C=CC=C1C(=CC)C1C. The number of rotatable bonds is 1. The van der Waals surface area contributed by atoms with E-state index in [0.29, 0.717) is 5.92 Å². The molecule has 0 aromatic heterocycles. The highest BCUT2D eigenvalue weighted by Gasteiger charge is 2.30. The first kappa shape index (κ1) is 6.34. The van der Waals surface area contributed by atoms with Gasteiger partial charge in [0.25, 0.3) is 0 Å². The minimum absolute atomic E-state index is 0.702. The zero-order valence-electron chi connectivity index (χ0n) is 6.02. The molecule has 0 amide bonds. The second-order valence-corrected chi connectivity index (χ2v) is 2.32. The van der Waals surface area contributed by atoms with E-state index in [4.69, 9.17) is 0 Å². The van der Waals surface area contributed by atoms with E-state index in [0.717, 1.165) is 0 Å². The molecule has 1 fully saturated rings. The normalized spacial score (nSPS) is 33.3. The zero-order valence-corrected chi connectivity index (χ0v) is 6.02. The Kier molecular flexibility index (Phi) is 1.56. The van der Waals surface area contributed by atoms with Gasteiger partial charge in [-0.3, -0.25) is 0 Å². The molecule has 1 aliphatic carbocycles. The standard InChI is InChI=1S/C9H12/c1-4-6-9-7(3)8(9)5-2/h4-7H,1H2,2-3H3. The summed E-state index contributed by atoms with van der Waals surface area (Å²) in [6.07, 6.45) is 6.10. The van der Waals surface area contributed by atoms with Crippen LogP contribution in [0.4, 0.5) is 0 Å². The molecule has 48 valence electrons. The van der Waals surface area contributed by atoms with E-state index >= 15 is 0 Å². The Morgan fingerprint density at radius 2 is 2.11 bits per heavy atom. The molecular weight excluding hydrogens is 108 g/mol. The average Bonchev–Trinajstić information content (AvgIpc) is 2.44. The maximum absolute atomic E-state index is 3.64. The molecular formula is C9H12. The van der Waals surface area contributed by atoms with E-state index < -0.39 is 0 Å². The van der Waals surface area contributed by atoms with Crippen LogP contribution in [0.3, 0.4) is 0 Å². The Morgan fingerprint density at radius 1 is 1.44 bits per heavy atom. The van der Waals surface area contributed by atoms with Gasteiger partial charge in [-0.15, -0.1) is 0 Å². The van der Waals surface area contributed by atoms with E-state index in [9.17, 15) is 0 Å². The molecule has 0 saturated heterocycles. The molecule has 0 spiro atoms. The predicted octanol–water partition coefficient (Wildman–Crippen LogP) is 2.69. The second kappa shape index (κ2) is 2.22. The van der Waals surface area contributed by atoms with Crippen molar-refractivity contribution < 1.29 is 0 Å². The van der Waals surface area contributed by atoms with E-state index in [-0.39, 0.29) is 0 Å². The van der Waals surface area contributed by atoms with Crippen LogP contribution in [0.5, 0.6) is 0 Å². The Bertz CT molecular complexity index is 182. The molecule has 1 aliphatic rings. The quantitative estimate of drug-likeness (QED) is 0.499. The van der Waals surface area contributed by atoms with Crippen molar-refractivity contribution in [1.82, 2.24) is 0 Å². The van der Waals surface area contributed by atoms with Crippen LogP contribution >= 0.6 is 0 Å². The molecule has 0 aromatic rings. The average molecular weight is 120 g/mol. The maximum atomic E-state index is 3.64. The molecule has 0 radical (unpaired) electrons. The molecule has 1 unspecified atom stereocenters. The first-order chi connectivity index (χ1) is 4.31. The molecule has 1 atom stereocenters. The van der Waals surface area contributed by atoms with Crippen molar-refractivity contribution in [2.75, 3.05) is 0 Å². The third-order valence-corrected chi connectivity index (χ3v) is 1.79. The molecule has 1 saturated carbocycles. The van der Waals surface area contributed by atoms with Crippen molar-refractivity contribution in [1.29, 1.82) is 0 Å². The lowest BCUT2D eigenvalue weighted by molar-refractivity contribution is 1.09. The highest BCUT2D eigenvalue weighted by molar-refractivity contribution is 5.55. The lowest BCUT2D eigenvalue weighted by atomic mass is 10.4. The van der Waals surface area contributed by atoms with Gasteiger partial charge < -0.3 is 0 Å². The van der Waals surface area contributed by atoms with Crippen LogP contribution in [0, 0.1) is 5.92 Å². The third kappa shape index (κ3) is 0.973. The van der Waals surface area contributed by atoms with Crippen LogP contribution in [0.1, 0.15) is 13.8 Å². The summed E-state index contributed by atoms with van der Waals surface area (Å²) in [4.78, 5) is 0. The summed E-state index contributed by atoms with van der Waals surface area (Å²) in [6, 6.07) is 0. The predicted molar refractivity (Wildman–Crippen MR) is 41.2 cm³/mol. The molecule has 0 N–H and O–H groups in total. The van der Waals surface area contributed by atoms with Crippen molar-refractivity contribution in [3.05, 3.63) is 36.0 Å². The van der Waals surface area contributed by atoms with Gasteiger partial charge in [0.2, 0.25) is 0 Å². The van der Waals surface area contributed by atoms with Crippen LogP contribution in [0.15, 0.2) is 36.0 Å². The zero-order chi connectivity index (χ0) is 6.85. The van der Waals surface area contributed by atoms with E-state index in [2.05, 4.69) is 32.6 Å². The highest BCUT2D eigenvalue weighted by Crippen LogP contribution is 2.44. The summed E-state index contributed by atoms with van der Waals surface area (Å²) in [5.41, 5.74) is 2.93. The van der Waals surface area contributed by atoms with Gasteiger partial charge in [0, 0.05) is 5.92 Å². The van der Waals surface area contributed by atoms with Gasteiger partial charge in [-0.05, 0) is 18.1 Å². The minimum atomic E-state index is 0.702. The molecule has 0 heteroatoms. The molecule has 0 heterocycles. The van der Waals surface area contributed by atoms with Crippen molar-refractivity contribution in [2.45, 2.75) is 13.8 Å². The van der Waals surface area contributed by atoms with Gasteiger partial charge in [-0.2, -0.15) is 0 Å². The first-order valence-corrected chi connectivity index (χ1v) is 3.30. The first-order valence-electron chi connectivity index (χ1n) is 3.30. The summed E-state index contributed by atoms with van der Waals surface area (Å²) in [5.74, 6) is 0.702. The summed E-state index contributed by atoms with van der Waals surface area (Å²) in [5, 5.41) is 0. The molecule has 0 bridgehead atoms. The molecule has 0 nitrogen and oxygen atoms in total. The van der Waals surface area contributed by atoms with Crippen LogP contribution in [-0.2, 0) is 0 Å². The van der Waals surface area contributed by atoms with Gasteiger partial charge in [-0.25, -0.2) is 0 Å². The Morgan fingerprint density at radius 3 is 2.44 bits per heavy atom.